The molecule has 18 heavy (non-hydrogen) atoms. The molecule has 2 atom stereocenters. The summed E-state index contributed by atoms with van der Waals surface area (Å²) in [6.07, 6.45) is 1.01. The van der Waals surface area contributed by atoms with E-state index in [4.69, 9.17) is 0 Å². The molecule has 1 aromatic rings. The minimum absolute atomic E-state index is 0.0710. The quantitative estimate of drug-likeness (QED) is 0.819. The molecule has 0 spiro atoms. The molecular formula is C14H19N3O. The zero-order valence-electron chi connectivity index (χ0n) is 10.6. The Bertz CT molecular complexity index is 441. The molecule has 0 aromatic heterocycles. The molecule has 2 N–H and O–H groups in total. The number of aliphatic hydroxyl groups excluding tert-OH is 1. The molecular weight excluding hydrogens is 226 g/mol. The molecule has 0 amide bonds. The van der Waals surface area contributed by atoms with Gasteiger partial charge in [-0.25, -0.2) is 0 Å². The van der Waals surface area contributed by atoms with Crippen molar-refractivity contribution in [3.8, 4) is 6.07 Å². The summed E-state index contributed by atoms with van der Waals surface area (Å²) in [4.78, 5) is 2.22. The van der Waals surface area contributed by atoms with Crippen LogP contribution in [-0.2, 0) is 0 Å². The van der Waals surface area contributed by atoms with Crippen molar-refractivity contribution in [1.29, 1.82) is 5.26 Å². The molecule has 4 heteroatoms. The number of nitrogens with one attached hydrogen (secondary N) is 1. The van der Waals surface area contributed by atoms with E-state index in [0.29, 0.717) is 11.6 Å². The third kappa shape index (κ3) is 2.63. The molecule has 1 aliphatic rings. The summed E-state index contributed by atoms with van der Waals surface area (Å²) in [7, 11) is 0. The fourth-order valence-electron chi connectivity index (χ4n) is 2.41. The molecule has 0 aliphatic carbocycles. The van der Waals surface area contributed by atoms with Crippen LogP contribution in [0.25, 0.3) is 0 Å². The number of aliphatic hydroxyl groups is 1. The molecule has 96 valence electrons. The lowest BCUT2D eigenvalue weighted by Gasteiger charge is -2.31. The van der Waals surface area contributed by atoms with Crippen LogP contribution in [0.1, 0.15) is 18.9 Å². The zero-order chi connectivity index (χ0) is 13.0. The van der Waals surface area contributed by atoms with Gasteiger partial charge in [0.05, 0.1) is 17.9 Å². The molecule has 2 rings (SSSR count). The highest BCUT2D eigenvalue weighted by molar-refractivity contribution is 5.60. The van der Waals surface area contributed by atoms with Crippen molar-refractivity contribution in [2.75, 3.05) is 24.6 Å². The molecule has 1 heterocycles. The van der Waals surface area contributed by atoms with Gasteiger partial charge >= 0.3 is 0 Å². The number of rotatable bonds is 2. The van der Waals surface area contributed by atoms with Gasteiger partial charge in [-0.15, -0.1) is 0 Å². The second-order valence-electron chi connectivity index (χ2n) is 4.75. The van der Waals surface area contributed by atoms with E-state index in [9.17, 15) is 10.4 Å². The predicted octanol–water partition coefficient (Wildman–Crippen LogP) is 1.11. The number of hydrogen-bond donors (Lipinski definition) is 2. The highest BCUT2D eigenvalue weighted by Gasteiger charge is 2.24. The van der Waals surface area contributed by atoms with Gasteiger partial charge in [-0.3, -0.25) is 0 Å². The Hall–Kier alpha value is -1.57. The van der Waals surface area contributed by atoms with Crippen molar-refractivity contribution in [2.24, 2.45) is 0 Å². The zero-order valence-corrected chi connectivity index (χ0v) is 10.6. The lowest BCUT2D eigenvalue weighted by molar-refractivity contribution is 0.248. The van der Waals surface area contributed by atoms with Gasteiger partial charge in [-0.2, -0.15) is 5.26 Å². The molecule has 1 aliphatic heterocycles. The Morgan fingerprint density at radius 1 is 1.50 bits per heavy atom. The van der Waals surface area contributed by atoms with E-state index in [1.807, 2.05) is 24.3 Å². The number of nitrogens with zero attached hydrogens (tertiary/aromatic N) is 2. The first-order valence-electron chi connectivity index (χ1n) is 6.36. The van der Waals surface area contributed by atoms with Crippen molar-refractivity contribution in [3.05, 3.63) is 29.8 Å². The van der Waals surface area contributed by atoms with Crippen LogP contribution in [0.3, 0.4) is 0 Å². The van der Waals surface area contributed by atoms with Gasteiger partial charge in [0.25, 0.3) is 0 Å². The van der Waals surface area contributed by atoms with E-state index in [-0.39, 0.29) is 12.6 Å². The fourth-order valence-corrected chi connectivity index (χ4v) is 2.41. The van der Waals surface area contributed by atoms with Gasteiger partial charge in [-0.1, -0.05) is 12.1 Å². The van der Waals surface area contributed by atoms with Crippen LogP contribution in [0, 0.1) is 11.3 Å². The maximum Gasteiger partial charge on any atom is 0.101 e. The van der Waals surface area contributed by atoms with Crippen molar-refractivity contribution in [2.45, 2.75) is 25.4 Å². The number of hydrogen-bond acceptors (Lipinski definition) is 4. The minimum atomic E-state index is 0.0710. The lowest BCUT2D eigenvalue weighted by atomic mass is 10.1. The Labute approximate surface area is 108 Å². The van der Waals surface area contributed by atoms with Gasteiger partial charge in [0.2, 0.25) is 0 Å². The van der Waals surface area contributed by atoms with E-state index in [1.54, 1.807) is 0 Å². The Morgan fingerprint density at radius 3 is 3.00 bits per heavy atom. The van der Waals surface area contributed by atoms with Crippen LogP contribution < -0.4 is 10.2 Å². The van der Waals surface area contributed by atoms with Crippen LogP contribution in [0.2, 0.25) is 0 Å². The van der Waals surface area contributed by atoms with Crippen LogP contribution in [-0.4, -0.2) is 36.9 Å². The SMILES string of the molecule is CC1CCNC(CO)CN1c1ccccc1C#N. The van der Waals surface area contributed by atoms with Crippen LogP contribution in [0.15, 0.2) is 24.3 Å². The van der Waals surface area contributed by atoms with Crippen molar-refractivity contribution >= 4 is 5.69 Å². The van der Waals surface area contributed by atoms with Crippen molar-refractivity contribution in [3.63, 3.8) is 0 Å². The average molecular weight is 245 g/mol. The molecule has 2 unspecified atom stereocenters. The first kappa shape index (κ1) is 12.9. The summed E-state index contributed by atoms with van der Waals surface area (Å²) in [6, 6.07) is 10.3. The third-order valence-corrected chi connectivity index (χ3v) is 3.50. The minimum Gasteiger partial charge on any atom is -0.395 e. The van der Waals surface area contributed by atoms with Gasteiger partial charge < -0.3 is 15.3 Å². The highest BCUT2D eigenvalue weighted by Crippen LogP contribution is 2.24. The maximum atomic E-state index is 9.34. The fraction of sp³-hybridized carbons (Fsp3) is 0.500. The number of nitriles is 1. The van der Waals surface area contributed by atoms with Gasteiger partial charge in [0.1, 0.15) is 6.07 Å². The van der Waals surface area contributed by atoms with Crippen LogP contribution in [0.5, 0.6) is 0 Å². The summed E-state index contributed by atoms with van der Waals surface area (Å²) < 4.78 is 0. The molecule has 4 nitrogen and oxygen atoms in total. The monoisotopic (exact) mass is 245 g/mol. The Morgan fingerprint density at radius 2 is 2.28 bits per heavy atom. The van der Waals surface area contributed by atoms with E-state index >= 15 is 0 Å². The van der Waals surface area contributed by atoms with E-state index in [0.717, 1.165) is 25.2 Å². The Kier molecular flexibility index (Phi) is 4.19. The molecule has 1 saturated heterocycles. The van der Waals surface area contributed by atoms with E-state index in [2.05, 4.69) is 23.2 Å². The molecule has 0 saturated carbocycles. The average Bonchev–Trinajstić information content (AvgIpc) is 2.60. The standard InChI is InChI=1S/C14H19N3O/c1-11-6-7-16-13(10-18)9-17(11)14-5-3-2-4-12(14)8-15/h2-5,11,13,16,18H,6-7,9-10H2,1H3. The molecule has 0 radical (unpaired) electrons. The summed E-state index contributed by atoms with van der Waals surface area (Å²) in [6.45, 7) is 3.92. The summed E-state index contributed by atoms with van der Waals surface area (Å²) >= 11 is 0. The first-order valence-corrected chi connectivity index (χ1v) is 6.36. The van der Waals surface area contributed by atoms with Crippen molar-refractivity contribution in [1.82, 2.24) is 5.32 Å². The van der Waals surface area contributed by atoms with E-state index in [1.165, 1.54) is 0 Å². The van der Waals surface area contributed by atoms with Gasteiger partial charge in [0.15, 0.2) is 0 Å². The Balaban J connectivity index is 2.31. The highest BCUT2D eigenvalue weighted by atomic mass is 16.3. The lowest BCUT2D eigenvalue weighted by Crippen LogP contribution is -2.42. The van der Waals surface area contributed by atoms with Crippen molar-refractivity contribution < 1.29 is 5.11 Å². The second-order valence-corrected chi connectivity index (χ2v) is 4.75. The summed E-state index contributed by atoms with van der Waals surface area (Å²) in [5.74, 6) is 0. The summed E-state index contributed by atoms with van der Waals surface area (Å²) in [5.41, 5.74) is 1.66. The number of anilines is 1. The number of benzene rings is 1. The van der Waals surface area contributed by atoms with Crippen LogP contribution >= 0.6 is 0 Å². The normalized spacial score (nSPS) is 24.4. The largest absolute Gasteiger partial charge is 0.395 e. The molecule has 1 aromatic carbocycles. The predicted molar refractivity (Wildman–Crippen MR) is 71.5 cm³/mol. The topological polar surface area (TPSA) is 59.3 Å². The van der Waals surface area contributed by atoms with Gasteiger partial charge in [0, 0.05) is 18.6 Å². The number of para-hydroxylation sites is 1. The van der Waals surface area contributed by atoms with Crippen LogP contribution in [0.4, 0.5) is 5.69 Å². The van der Waals surface area contributed by atoms with Gasteiger partial charge in [-0.05, 0) is 32.0 Å². The maximum absolute atomic E-state index is 9.34. The van der Waals surface area contributed by atoms with E-state index < -0.39 is 0 Å². The second kappa shape index (κ2) is 5.85. The molecule has 1 fully saturated rings. The third-order valence-electron chi connectivity index (χ3n) is 3.50. The molecule has 0 bridgehead atoms. The summed E-state index contributed by atoms with van der Waals surface area (Å²) in [5, 5.41) is 21.9. The first-order chi connectivity index (χ1) is 8.76. The smallest absolute Gasteiger partial charge is 0.101 e.